The third-order valence-electron chi connectivity index (χ3n) is 5.78. The van der Waals surface area contributed by atoms with Gasteiger partial charge < -0.3 is 14.4 Å². The van der Waals surface area contributed by atoms with Gasteiger partial charge in [-0.2, -0.15) is 0 Å². The molecule has 1 aromatic heterocycles. The molecule has 31 heavy (non-hydrogen) atoms. The lowest BCUT2D eigenvalue weighted by Crippen LogP contribution is -2.17. The molecule has 2 aromatic carbocycles. The molecule has 7 nitrogen and oxygen atoms in total. The summed E-state index contributed by atoms with van der Waals surface area (Å²) in [6.45, 7) is 3.12. The predicted molar refractivity (Wildman–Crippen MR) is 116 cm³/mol. The zero-order valence-corrected chi connectivity index (χ0v) is 18.1. The summed E-state index contributed by atoms with van der Waals surface area (Å²) < 4.78 is 30.7. The van der Waals surface area contributed by atoms with Crippen LogP contribution in [0.25, 0.3) is 10.8 Å². The average Bonchev–Trinajstić information content (AvgIpc) is 3.22. The monoisotopic (exact) mass is 441 g/mol. The Bertz CT molecular complexity index is 1310. The summed E-state index contributed by atoms with van der Waals surface area (Å²) in [5.41, 5.74) is 1.85. The van der Waals surface area contributed by atoms with Gasteiger partial charge in [-0.25, -0.2) is 13.2 Å². The highest BCUT2D eigenvalue weighted by atomic mass is 32.2. The summed E-state index contributed by atoms with van der Waals surface area (Å²) in [4.78, 5) is 25.2. The van der Waals surface area contributed by atoms with E-state index in [1.165, 1.54) is 12.1 Å². The van der Waals surface area contributed by atoms with Crippen LogP contribution in [-0.2, 0) is 14.6 Å². The second-order valence-electron chi connectivity index (χ2n) is 7.93. The van der Waals surface area contributed by atoms with Crippen molar-refractivity contribution in [2.24, 2.45) is 0 Å². The van der Waals surface area contributed by atoms with E-state index in [0.29, 0.717) is 17.7 Å². The van der Waals surface area contributed by atoms with Crippen molar-refractivity contribution < 1.29 is 27.9 Å². The Balaban J connectivity index is 1.50. The quantitative estimate of drug-likeness (QED) is 0.481. The number of fused-ring (bicyclic) bond motifs is 1. The normalized spacial score (nSPS) is 17.7. The van der Waals surface area contributed by atoms with Crippen LogP contribution >= 0.6 is 0 Å². The van der Waals surface area contributed by atoms with Crippen molar-refractivity contribution >= 4 is 32.4 Å². The lowest BCUT2D eigenvalue weighted by atomic mass is 10.1. The molecule has 0 amide bonds. The molecule has 0 aliphatic carbocycles. The van der Waals surface area contributed by atoms with Gasteiger partial charge >= 0.3 is 5.97 Å². The number of ether oxygens (including phenoxy) is 1. The molecule has 1 aliphatic rings. The molecule has 2 heterocycles. The van der Waals surface area contributed by atoms with E-state index in [1.54, 1.807) is 13.0 Å². The number of sulfone groups is 1. The number of ketones is 1. The van der Waals surface area contributed by atoms with Gasteiger partial charge in [-0.3, -0.25) is 4.79 Å². The number of aromatic hydroxyl groups is 1. The lowest BCUT2D eigenvalue weighted by Gasteiger charge is -2.16. The molecule has 1 fully saturated rings. The fourth-order valence-electron chi connectivity index (χ4n) is 4.28. The summed E-state index contributed by atoms with van der Waals surface area (Å²) in [6, 6.07) is 11.8. The van der Waals surface area contributed by atoms with Gasteiger partial charge in [0.2, 0.25) is 5.78 Å². The minimum absolute atomic E-state index is 0.00636. The third-order valence-corrected chi connectivity index (χ3v) is 7.53. The number of hydrogen-bond donors (Lipinski definition) is 1. The summed E-state index contributed by atoms with van der Waals surface area (Å²) in [5, 5.41) is 11.7. The van der Waals surface area contributed by atoms with Crippen LogP contribution in [0.2, 0.25) is 0 Å². The molecule has 0 unspecified atom stereocenters. The highest BCUT2D eigenvalue weighted by Gasteiger charge is 2.31. The molecule has 1 aliphatic heterocycles. The molecule has 0 saturated carbocycles. The topological polar surface area (TPSA) is 103 Å². The first-order chi connectivity index (χ1) is 14.7. The molecule has 3 aromatic rings. The van der Waals surface area contributed by atoms with Crippen LogP contribution < -0.4 is 0 Å². The number of phenols is 1. The fraction of sp³-hybridized carbons (Fsp3) is 0.304. The number of rotatable bonds is 5. The van der Waals surface area contributed by atoms with Crippen molar-refractivity contribution in [3.63, 3.8) is 0 Å². The number of nitrogens with zero attached hydrogens (tertiary/aromatic N) is 1. The maximum atomic E-state index is 12.7. The SMILES string of the molecule is Cc1cc(C(=O)COC(=O)c2cc3ccccc3cc2O)c(C)n1[C@H]1CCS(=O)(=O)C1. The second-order valence-corrected chi connectivity index (χ2v) is 10.2. The Kier molecular flexibility index (Phi) is 5.35. The summed E-state index contributed by atoms with van der Waals surface area (Å²) in [6.07, 6.45) is 0.516. The third kappa shape index (κ3) is 4.07. The van der Waals surface area contributed by atoms with Crippen molar-refractivity contribution in [1.82, 2.24) is 4.57 Å². The first-order valence-corrected chi connectivity index (χ1v) is 11.8. The smallest absolute Gasteiger partial charge is 0.342 e. The molecule has 4 rings (SSSR count). The lowest BCUT2D eigenvalue weighted by molar-refractivity contribution is 0.0471. The van der Waals surface area contributed by atoms with Crippen molar-refractivity contribution in [2.75, 3.05) is 18.1 Å². The minimum Gasteiger partial charge on any atom is -0.507 e. The molecular formula is C23H23NO6S. The maximum Gasteiger partial charge on any atom is 0.342 e. The van der Waals surface area contributed by atoms with Crippen molar-refractivity contribution in [3.05, 3.63) is 65.0 Å². The van der Waals surface area contributed by atoms with E-state index in [2.05, 4.69) is 0 Å². The van der Waals surface area contributed by atoms with Crippen molar-refractivity contribution in [2.45, 2.75) is 26.3 Å². The first-order valence-electron chi connectivity index (χ1n) is 9.97. The van der Waals surface area contributed by atoms with Gasteiger partial charge in [0.05, 0.1) is 11.5 Å². The molecule has 0 radical (unpaired) electrons. The van der Waals surface area contributed by atoms with E-state index in [1.807, 2.05) is 35.8 Å². The molecule has 162 valence electrons. The van der Waals surface area contributed by atoms with E-state index in [9.17, 15) is 23.1 Å². The number of phenolic OH excluding ortho intramolecular Hbond substituents is 1. The molecular weight excluding hydrogens is 418 g/mol. The molecule has 0 spiro atoms. The summed E-state index contributed by atoms with van der Waals surface area (Å²) in [7, 11) is -3.06. The van der Waals surface area contributed by atoms with Crippen LogP contribution in [-0.4, -0.2) is 48.0 Å². The predicted octanol–water partition coefficient (Wildman–Crippen LogP) is 3.36. The Labute approximate surface area is 180 Å². The van der Waals surface area contributed by atoms with Crippen LogP contribution in [0, 0.1) is 13.8 Å². The largest absolute Gasteiger partial charge is 0.507 e. The van der Waals surface area contributed by atoms with Gasteiger partial charge in [0.15, 0.2) is 16.4 Å². The number of hydrogen-bond acceptors (Lipinski definition) is 6. The highest BCUT2D eigenvalue weighted by molar-refractivity contribution is 7.91. The van der Waals surface area contributed by atoms with E-state index in [0.717, 1.165) is 16.5 Å². The maximum absolute atomic E-state index is 12.7. The number of aromatic nitrogens is 1. The number of esters is 1. The van der Waals surface area contributed by atoms with E-state index in [-0.39, 0.29) is 34.6 Å². The minimum atomic E-state index is -3.06. The van der Waals surface area contributed by atoms with Crippen LogP contribution in [0.5, 0.6) is 5.75 Å². The highest BCUT2D eigenvalue weighted by Crippen LogP contribution is 2.30. The fourth-order valence-corrected chi connectivity index (χ4v) is 5.98. The standard InChI is InChI=1S/C23H23NO6S/c1-14-9-19(15(2)24(14)18-7-8-31(28,29)13-18)22(26)12-30-23(27)20-10-16-5-3-4-6-17(16)11-21(20)25/h3-6,9-11,18,25H,7-8,12-13H2,1-2H3/t18-/m0/s1. The van der Waals surface area contributed by atoms with E-state index < -0.39 is 22.4 Å². The Hall–Kier alpha value is -3.13. The molecule has 8 heteroatoms. The zero-order valence-electron chi connectivity index (χ0n) is 17.3. The van der Waals surface area contributed by atoms with E-state index >= 15 is 0 Å². The Morgan fingerprint density at radius 2 is 1.77 bits per heavy atom. The first kappa shape index (κ1) is 21.1. The van der Waals surface area contributed by atoms with Gasteiger partial charge in [-0.05, 0) is 49.2 Å². The Morgan fingerprint density at radius 3 is 2.42 bits per heavy atom. The van der Waals surface area contributed by atoms with Crippen molar-refractivity contribution in [3.8, 4) is 5.75 Å². The van der Waals surface area contributed by atoms with E-state index in [4.69, 9.17) is 4.74 Å². The zero-order chi connectivity index (χ0) is 22.3. The number of aryl methyl sites for hydroxylation is 1. The summed E-state index contributed by atoms with van der Waals surface area (Å²) in [5.74, 6) is -1.17. The molecule has 1 N–H and O–H groups in total. The second kappa shape index (κ2) is 7.85. The van der Waals surface area contributed by atoms with Crippen LogP contribution in [0.1, 0.15) is 44.6 Å². The molecule has 0 bridgehead atoms. The van der Waals surface area contributed by atoms with Gasteiger partial charge in [0.25, 0.3) is 0 Å². The number of benzene rings is 2. The molecule has 1 atom stereocenters. The van der Waals surface area contributed by atoms with Crippen LogP contribution in [0.4, 0.5) is 0 Å². The number of Topliss-reactive ketones (excluding diaryl/α,β-unsaturated/α-hetero) is 1. The van der Waals surface area contributed by atoms with Gasteiger partial charge in [0, 0.05) is 23.0 Å². The molecule has 1 saturated heterocycles. The van der Waals surface area contributed by atoms with Gasteiger partial charge in [0.1, 0.15) is 11.3 Å². The Morgan fingerprint density at radius 1 is 1.10 bits per heavy atom. The average molecular weight is 442 g/mol. The summed E-state index contributed by atoms with van der Waals surface area (Å²) >= 11 is 0. The van der Waals surface area contributed by atoms with Gasteiger partial charge in [-0.15, -0.1) is 0 Å². The van der Waals surface area contributed by atoms with Gasteiger partial charge in [-0.1, -0.05) is 24.3 Å². The van der Waals surface area contributed by atoms with Crippen LogP contribution in [0.15, 0.2) is 42.5 Å². The van der Waals surface area contributed by atoms with Crippen molar-refractivity contribution in [1.29, 1.82) is 0 Å². The van der Waals surface area contributed by atoms with Crippen LogP contribution in [0.3, 0.4) is 0 Å². The number of carbonyl (C=O) groups excluding carboxylic acids is 2. The number of carbonyl (C=O) groups is 2.